The number of hydrogen-bond acceptors (Lipinski definition) is 4. The fourth-order valence-corrected chi connectivity index (χ4v) is 3.49. The van der Waals surface area contributed by atoms with E-state index in [2.05, 4.69) is 22.5 Å². The molecule has 0 aliphatic carbocycles. The second kappa shape index (κ2) is 14.4. The molecule has 27 heavy (non-hydrogen) atoms. The molecule has 2 unspecified atom stereocenters. The van der Waals surface area contributed by atoms with Crippen LogP contribution in [0.5, 0.6) is 0 Å². The summed E-state index contributed by atoms with van der Waals surface area (Å²) < 4.78 is 11.2. The van der Waals surface area contributed by atoms with Crippen LogP contribution >= 0.6 is 24.0 Å². The van der Waals surface area contributed by atoms with Gasteiger partial charge < -0.3 is 25.0 Å². The average molecular weight is 496 g/mol. The summed E-state index contributed by atoms with van der Waals surface area (Å²) in [6.45, 7) is 6.74. The number of halogens is 1. The molecule has 2 saturated heterocycles. The van der Waals surface area contributed by atoms with Gasteiger partial charge in [-0.25, -0.2) is 0 Å². The average Bonchev–Trinajstić information content (AvgIpc) is 3.16. The van der Waals surface area contributed by atoms with E-state index in [9.17, 15) is 4.79 Å². The van der Waals surface area contributed by atoms with Gasteiger partial charge in [-0.15, -0.1) is 24.0 Å². The molecule has 0 bridgehead atoms. The molecular formula is C19H37IN4O3. The van der Waals surface area contributed by atoms with Gasteiger partial charge >= 0.3 is 0 Å². The number of amides is 1. The number of hydrogen-bond donors (Lipinski definition) is 2. The molecule has 0 aromatic carbocycles. The lowest BCUT2D eigenvalue weighted by Gasteiger charge is -2.33. The van der Waals surface area contributed by atoms with Crippen LogP contribution in [0.4, 0.5) is 0 Å². The quantitative estimate of drug-likeness (QED) is 0.222. The maximum atomic E-state index is 12.3. The van der Waals surface area contributed by atoms with Gasteiger partial charge in [0.2, 0.25) is 5.91 Å². The van der Waals surface area contributed by atoms with E-state index in [1.807, 2.05) is 4.90 Å². The molecule has 2 heterocycles. The number of nitrogens with one attached hydrogen (secondary N) is 2. The molecule has 0 aromatic heterocycles. The number of rotatable bonds is 9. The smallest absolute Gasteiger partial charge is 0.224 e. The van der Waals surface area contributed by atoms with Crippen molar-refractivity contribution in [1.29, 1.82) is 0 Å². The van der Waals surface area contributed by atoms with Crippen molar-refractivity contribution in [1.82, 2.24) is 15.5 Å². The lowest BCUT2D eigenvalue weighted by Crippen LogP contribution is -2.44. The number of piperidine rings is 1. The molecule has 2 rings (SSSR count). The SMILES string of the molecule is CN=C(NCCCOCC1CCCO1)NCCC(=O)N1CCCCC1C.I. The third-order valence-electron chi connectivity index (χ3n) is 5.06. The first-order valence-electron chi connectivity index (χ1n) is 10.1. The number of likely N-dealkylation sites (tertiary alicyclic amines) is 1. The van der Waals surface area contributed by atoms with Crippen molar-refractivity contribution >= 4 is 35.8 Å². The van der Waals surface area contributed by atoms with Gasteiger partial charge in [0.05, 0.1) is 12.7 Å². The number of guanidine groups is 1. The number of carbonyl (C=O) groups excluding carboxylic acids is 1. The van der Waals surface area contributed by atoms with E-state index in [0.29, 0.717) is 25.6 Å². The Balaban J connectivity index is 0.00000364. The van der Waals surface area contributed by atoms with Crippen molar-refractivity contribution in [2.75, 3.05) is 46.5 Å². The van der Waals surface area contributed by atoms with E-state index < -0.39 is 0 Å². The van der Waals surface area contributed by atoms with E-state index in [-0.39, 0.29) is 36.0 Å². The molecule has 2 atom stereocenters. The van der Waals surface area contributed by atoms with Crippen molar-refractivity contribution in [2.45, 2.75) is 64.0 Å². The first kappa shape index (κ1) is 24.4. The van der Waals surface area contributed by atoms with Gasteiger partial charge in [0.1, 0.15) is 0 Å². The second-order valence-electron chi connectivity index (χ2n) is 7.17. The Labute approximate surface area is 181 Å². The zero-order valence-corrected chi connectivity index (χ0v) is 19.2. The lowest BCUT2D eigenvalue weighted by molar-refractivity contribution is -0.134. The van der Waals surface area contributed by atoms with E-state index in [0.717, 1.165) is 64.4 Å². The summed E-state index contributed by atoms with van der Waals surface area (Å²) in [7, 11) is 1.75. The standard InChI is InChI=1S/C19H36N4O3.HI/c1-16-7-3-4-12-23(16)18(24)9-11-22-19(20-2)21-10-6-13-25-15-17-8-5-14-26-17;/h16-17H,3-15H2,1-2H3,(H2,20,21,22);1H. The molecular weight excluding hydrogens is 459 g/mol. The summed E-state index contributed by atoms with van der Waals surface area (Å²) in [5.41, 5.74) is 0. The second-order valence-corrected chi connectivity index (χ2v) is 7.17. The van der Waals surface area contributed by atoms with E-state index in [4.69, 9.17) is 9.47 Å². The summed E-state index contributed by atoms with van der Waals surface area (Å²) in [6.07, 6.45) is 7.46. The Morgan fingerprint density at radius 3 is 2.74 bits per heavy atom. The van der Waals surface area contributed by atoms with Crippen LogP contribution in [0.25, 0.3) is 0 Å². The zero-order chi connectivity index (χ0) is 18.6. The first-order valence-corrected chi connectivity index (χ1v) is 10.1. The highest BCUT2D eigenvalue weighted by molar-refractivity contribution is 14.0. The Kier molecular flexibility index (Phi) is 13.0. The maximum absolute atomic E-state index is 12.3. The van der Waals surface area contributed by atoms with Gasteiger partial charge in [0.15, 0.2) is 5.96 Å². The van der Waals surface area contributed by atoms with Gasteiger partial charge in [-0.05, 0) is 45.4 Å². The maximum Gasteiger partial charge on any atom is 0.224 e. The molecule has 8 heteroatoms. The van der Waals surface area contributed by atoms with Gasteiger partial charge in [0, 0.05) is 52.4 Å². The normalized spacial score (nSPS) is 23.0. The molecule has 158 valence electrons. The summed E-state index contributed by atoms with van der Waals surface area (Å²) in [5.74, 6) is 0.978. The van der Waals surface area contributed by atoms with Crippen LogP contribution in [0.3, 0.4) is 0 Å². The van der Waals surface area contributed by atoms with Crippen molar-refractivity contribution in [3.8, 4) is 0 Å². The zero-order valence-electron chi connectivity index (χ0n) is 16.9. The number of ether oxygens (including phenoxy) is 2. The summed E-state index contributed by atoms with van der Waals surface area (Å²) in [4.78, 5) is 18.5. The van der Waals surface area contributed by atoms with Crippen molar-refractivity contribution < 1.29 is 14.3 Å². The number of aliphatic imine (C=N–C) groups is 1. The minimum absolute atomic E-state index is 0. The minimum Gasteiger partial charge on any atom is -0.379 e. The molecule has 7 nitrogen and oxygen atoms in total. The molecule has 2 fully saturated rings. The first-order chi connectivity index (χ1) is 12.7. The summed E-state index contributed by atoms with van der Waals surface area (Å²) in [5, 5.41) is 6.48. The fraction of sp³-hybridized carbons (Fsp3) is 0.895. The Morgan fingerprint density at radius 1 is 1.22 bits per heavy atom. The van der Waals surface area contributed by atoms with Crippen molar-refractivity contribution in [2.24, 2.45) is 4.99 Å². The molecule has 0 aromatic rings. The highest BCUT2D eigenvalue weighted by atomic mass is 127. The summed E-state index contributed by atoms with van der Waals surface area (Å²) in [6, 6.07) is 0.378. The van der Waals surface area contributed by atoms with E-state index >= 15 is 0 Å². The fourth-order valence-electron chi connectivity index (χ4n) is 3.49. The topological polar surface area (TPSA) is 75.2 Å². The van der Waals surface area contributed by atoms with Crippen molar-refractivity contribution in [3.63, 3.8) is 0 Å². The third kappa shape index (κ3) is 9.43. The molecule has 2 aliphatic rings. The molecule has 0 saturated carbocycles. The predicted molar refractivity (Wildman–Crippen MR) is 119 cm³/mol. The monoisotopic (exact) mass is 496 g/mol. The number of carbonyl (C=O) groups is 1. The highest BCUT2D eigenvalue weighted by Crippen LogP contribution is 2.17. The van der Waals surface area contributed by atoms with Gasteiger partial charge in [-0.2, -0.15) is 0 Å². The highest BCUT2D eigenvalue weighted by Gasteiger charge is 2.22. The Bertz CT molecular complexity index is 445. The molecule has 1 amide bonds. The number of nitrogens with zero attached hydrogens (tertiary/aromatic N) is 2. The minimum atomic E-state index is 0. The third-order valence-corrected chi connectivity index (χ3v) is 5.06. The van der Waals surface area contributed by atoms with E-state index in [1.165, 1.54) is 6.42 Å². The van der Waals surface area contributed by atoms with E-state index in [1.54, 1.807) is 7.05 Å². The van der Waals surface area contributed by atoms with Gasteiger partial charge in [0.25, 0.3) is 0 Å². The van der Waals surface area contributed by atoms with Gasteiger partial charge in [-0.3, -0.25) is 9.79 Å². The van der Waals surface area contributed by atoms with Crippen LogP contribution in [-0.4, -0.2) is 75.4 Å². The van der Waals surface area contributed by atoms with Crippen LogP contribution in [0.1, 0.15) is 51.9 Å². The predicted octanol–water partition coefficient (Wildman–Crippen LogP) is 2.15. The molecule has 2 aliphatic heterocycles. The lowest BCUT2D eigenvalue weighted by atomic mass is 10.0. The van der Waals surface area contributed by atoms with Crippen LogP contribution < -0.4 is 10.6 Å². The molecule has 0 spiro atoms. The Morgan fingerprint density at radius 2 is 2.04 bits per heavy atom. The van der Waals surface area contributed by atoms with Crippen LogP contribution in [0.2, 0.25) is 0 Å². The largest absolute Gasteiger partial charge is 0.379 e. The Hall–Kier alpha value is -0.610. The molecule has 0 radical (unpaired) electrons. The van der Waals surface area contributed by atoms with Crippen LogP contribution in [0.15, 0.2) is 4.99 Å². The van der Waals surface area contributed by atoms with Gasteiger partial charge in [-0.1, -0.05) is 0 Å². The van der Waals surface area contributed by atoms with Crippen LogP contribution in [0, 0.1) is 0 Å². The molecule has 2 N–H and O–H groups in total. The summed E-state index contributed by atoms with van der Waals surface area (Å²) >= 11 is 0. The van der Waals surface area contributed by atoms with Crippen LogP contribution in [-0.2, 0) is 14.3 Å². The van der Waals surface area contributed by atoms with Crippen molar-refractivity contribution in [3.05, 3.63) is 0 Å².